The van der Waals surface area contributed by atoms with E-state index < -0.39 is 0 Å². The van der Waals surface area contributed by atoms with Gasteiger partial charge in [-0.3, -0.25) is 4.98 Å². The molecule has 0 aliphatic heterocycles. The van der Waals surface area contributed by atoms with E-state index in [4.69, 9.17) is 0 Å². The quantitative estimate of drug-likeness (QED) is 0.645. The Morgan fingerprint density at radius 1 is 0.944 bits per heavy atom. The summed E-state index contributed by atoms with van der Waals surface area (Å²) in [5.74, 6) is -0.247. The van der Waals surface area contributed by atoms with E-state index in [2.05, 4.69) is 9.97 Å². The smallest absolute Gasteiger partial charge is 0.123 e. The Morgan fingerprint density at radius 2 is 1.72 bits per heavy atom. The van der Waals surface area contributed by atoms with Crippen molar-refractivity contribution in [2.24, 2.45) is 0 Å². The summed E-state index contributed by atoms with van der Waals surface area (Å²) >= 11 is 0. The number of aryl methyl sites for hydroxylation is 1. The molecule has 0 bridgehead atoms. The Balaban J connectivity index is 2.15. The second kappa shape index (κ2) is 4.18. The average molecular weight is 238 g/mol. The summed E-state index contributed by atoms with van der Waals surface area (Å²) in [5, 5.41) is 0. The van der Waals surface area contributed by atoms with Gasteiger partial charge < -0.3 is 0 Å². The zero-order valence-corrected chi connectivity index (χ0v) is 9.89. The number of fused-ring (bicyclic) bond motifs is 1. The molecular formula is C15H11FN2. The molecule has 88 valence electrons. The molecule has 0 spiro atoms. The van der Waals surface area contributed by atoms with Gasteiger partial charge in [0, 0.05) is 5.56 Å². The second-order valence-electron chi connectivity index (χ2n) is 4.25. The predicted molar refractivity (Wildman–Crippen MR) is 69.7 cm³/mol. The number of aromatic nitrogens is 2. The van der Waals surface area contributed by atoms with Crippen molar-refractivity contribution in [3.8, 4) is 11.3 Å². The van der Waals surface area contributed by atoms with Gasteiger partial charge in [0.2, 0.25) is 0 Å². The van der Waals surface area contributed by atoms with Crippen LogP contribution in [-0.2, 0) is 0 Å². The summed E-state index contributed by atoms with van der Waals surface area (Å²) in [6.07, 6.45) is 1.71. The van der Waals surface area contributed by atoms with Crippen LogP contribution < -0.4 is 0 Å². The van der Waals surface area contributed by atoms with Gasteiger partial charge in [0.25, 0.3) is 0 Å². The van der Waals surface area contributed by atoms with Crippen LogP contribution in [-0.4, -0.2) is 9.97 Å². The minimum absolute atomic E-state index is 0.247. The molecule has 2 aromatic carbocycles. The van der Waals surface area contributed by atoms with Crippen LogP contribution in [0, 0.1) is 12.7 Å². The van der Waals surface area contributed by atoms with Crippen LogP contribution in [0.4, 0.5) is 4.39 Å². The van der Waals surface area contributed by atoms with E-state index in [1.165, 1.54) is 12.1 Å². The fraction of sp³-hybridized carbons (Fsp3) is 0.0667. The molecule has 0 aliphatic rings. The number of nitrogens with zero attached hydrogens (tertiary/aromatic N) is 2. The van der Waals surface area contributed by atoms with Crippen molar-refractivity contribution >= 4 is 11.0 Å². The first-order valence-electron chi connectivity index (χ1n) is 5.72. The van der Waals surface area contributed by atoms with E-state index >= 15 is 0 Å². The van der Waals surface area contributed by atoms with Crippen molar-refractivity contribution in [1.82, 2.24) is 9.97 Å². The number of hydrogen-bond donors (Lipinski definition) is 0. The van der Waals surface area contributed by atoms with Crippen molar-refractivity contribution in [3.63, 3.8) is 0 Å². The third kappa shape index (κ3) is 1.95. The van der Waals surface area contributed by atoms with E-state index in [1.54, 1.807) is 18.3 Å². The van der Waals surface area contributed by atoms with Crippen LogP contribution >= 0.6 is 0 Å². The van der Waals surface area contributed by atoms with E-state index in [9.17, 15) is 4.39 Å². The summed E-state index contributed by atoms with van der Waals surface area (Å²) in [6.45, 7) is 2.02. The van der Waals surface area contributed by atoms with Crippen molar-refractivity contribution in [3.05, 3.63) is 60.0 Å². The molecule has 3 rings (SSSR count). The average Bonchev–Trinajstić information content (AvgIpc) is 2.38. The van der Waals surface area contributed by atoms with Crippen LogP contribution in [0.25, 0.3) is 22.3 Å². The second-order valence-corrected chi connectivity index (χ2v) is 4.25. The zero-order valence-electron chi connectivity index (χ0n) is 9.89. The third-order valence-electron chi connectivity index (χ3n) is 2.84. The van der Waals surface area contributed by atoms with Gasteiger partial charge in [-0.1, -0.05) is 6.07 Å². The molecular weight excluding hydrogens is 227 g/mol. The van der Waals surface area contributed by atoms with Crippen molar-refractivity contribution in [2.75, 3.05) is 0 Å². The van der Waals surface area contributed by atoms with Gasteiger partial charge >= 0.3 is 0 Å². The maximum Gasteiger partial charge on any atom is 0.123 e. The van der Waals surface area contributed by atoms with E-state index in [0.717, 1.165) is 27.9 Å². The van der Waals surface area contributed by atoms with Crippen LogP contribution in [0.1, 0.15) is 5.56 Å². The summed E-state index contributed by atoms with van der Waals surface area (Å²) in [7, 11) is 0. The highest BCUT2D eigenvalue weighted by molar-refractivity contribution is 5.77. The Morgan fingerprint density at radius 3 is 2.50 bits per heavy atom. The van der Waals surface area contributed by atoms with Crippen molar-refractivity contribution in [2.45, 2.75) is 6.92 Å². The summed E-state index contributed by atoms with van der Waals surface area (Å²) in [5.41, 5.74) is 4.50. The number of hydrogen-bond acceptors (Lipinski definition) is 2. The highest BCUT2D eigenvalue weighted by atomic mass is 19.1. The van der Waals surface area contributed by atoms with Crippen molar-refractivity contribution in [1.29, 1.82) is 0 Å². The molecule has 0 saturated carbocycles. The molecule has 0 fully saturated rings. The van der Waals surface area contributed by atoms with Gasteiger partial charge in [-0.05, 0) is 48.9 Å². The number of benzene rings is 2. The van der Waals surface area contributed by atoms with Gasteiger partial charge in [0.1, 0.15) is 5.82 Å². The van der Waals surface area contributed by atoms with Gasteiger partial charge in [-0.25, -0.2) is 9.37 Å². The SMILES string of the molecule is Cc1ccc2ncc(-c3ccc(F)cc3)nc2c1. The van der Waals surface area contributed by atoms with Crippen LogP contribution in [0.15, 0.2) is 48.7 Å². The maximum atomic E-state index is 12.9. The Bertz CT molecular complexity index is 705. The maximum absolute atomic E-state index is 12.9. The standard InChI is InChI=1S/C15H11FN2/c1-10-2-7-13-14(8-10)18-15(9-17-13)11-3-5-12(16)6-4-11/h2-9H,1H3. The van der Waals surface area contributed by atoms with Gasteiger partial charge in [-0.2, -0.15) is 0 Å². The van der Waals surface area contributed by atoms with Gasteiger partial charge in [-0.15, -0.1) is 0 Å². The number of halogens is 1. The Kier molecular flexibility index (Phi) is 2.52. The largest absolute Gasteiger partial charge is 0.252 e. The molecule has 0 atom stereocenters. The van der Waals surface area contributed by atoms with Crippen molar-refractivity contribution < 1.29 is 4.39 Å². The fourth-order valence-electron chi connectivity index (χ4n) is 1.88. The van der Waals surface area contributed by atoms with Gasteiger partial charge in [0.05, 0.1) is 22.9 Å². The Labute approximate surface area is 104 Å². The zero-order chi connectivity index (χ0) is 12.5. The summed E-state index contributed by atoms with van der Waals surface area (Å²) < 4.78 is 12.9. The minimum atomic E-state index is -0.247. The molecule has 0 radical (unpaired) electrons. The molecule has 3 heteroatoms. The molecule has 0 aliphatic carbocycles. The highest BCUT2D eigenvalue weighted by Gasteiger charge is 2.03. The summed E-state index contributed by atoms with van der Waals surface area (Å²) in [4.78, 5) is 8.92. The molecule has 18 heavy (non-hydrogen) atoms. The first kappa shape index (κ1) is 10.8. The van der Waals surface area contributed by atoms with E-state index in [1.807, 2.05) is 25.1 Å². The molecule has 3 aromatic rings. The highest BCUT2D eigenvalue weighted by Crippen LogP contribution is 2.20. The number of rotatable bonds is 1. The van der Waals surface area contributed by atoms with E-state index in [0.29, 0.717) is 0 Å². The molecule has 0 unspecified atom stereocenters. The molecule has 0 N–H and O–H groups in total. The Hall–Kier alpha value is -2.29. The minimum Gasteiger partial charge on any atom is -0.252 e. The lowest BCUT2D eigenvalue weighted by Crippen LogP contribution is -1.89. The van der Waals surface area contributed by atoms with E-state index in [-0.39, 0.29) is 5.82 Å². The molecule has 2 nitrogen and oxygen atoms in total. The van der Waals surface area contributed by atoms with Crippen LogP contribution in [0.2, 0.25) is 0 Å². The molecule has 0 amide bonds. The molecule has 1 heterocycles. The van der Waals surface area contributed by atoms with Gasteiger partial charge in [0.15, 0.2) is 0 Å². The first-order valence-corrected chi connectivity index (χ1v) is 5.72. The monoisotopic (exact) mass is 238 g/mol. The van der Waals surface area contributed by atoms with Crippen LogP contribution in [0.3, 0.4) is 0 Å². The predicted octanol–water partition coefficient (Wildman–Crippen LogP) is 3.74. The lowest BCUT2D eigenvalue weighted by atomic mass is 10.1. The normalized spacial score (nSPS) is 10.8. The fourth-order valence-corrected chi connectivity index (χ4v) is 1.88. The lowest BCUT2D eigenvalue weighted by molar-refractivity contribution is 0.628. The topological polar surface area (TPSA) is 25.8 Å². The molecule has 0 saturated heterocycles. The molecule has 1 aromatic heterocycles. The third-order valence-corrected chi connectivity index (χ3v) is 2.84. The first-order chi connectivity index (χ1) is 8.72. The lowest BCUT2D eigenvalue weighted by Gasteiger charge is -2.03. The van der Waals surface area contributed by atoms with Crippen LogP contribution in [0.5, 0.6) is 0 Å². The summed E-state index contributed by atoms with van der Waals surface area (Å²) in [6, 6.07) is 12.2.